The van der Waals surface area contributed by atoms with Gasteiger partial charge in [0, 0.05) is 11.6 Å². The number of H-pyrrole nitrogens is 1. The van der Waals surface area contributed by atoms with Gasteiger partial charge in [-0.3, -0.25) is 19.0 Å². The van der Waals surface area contributed by atoms with Gasteiger partial charge in [-0.2, -0.15) is 0 Å². The molecule has 1 amide bonds. The lowest BCUT2D eigenvalue weighted by molar-refractivity contribution is -0.121. The molecule has 0 aliphatic heterocycles. The normalized spacial score (nSPS) is 10.7. The molecule has 0 saturated carbocycles. The minimum atomic E-state index is -0.754. The number of rotatable bonds is 4. The monoisotopic (exact) mass is 343 g/mol. The zero-order chi connectivity index (χ0) is 17.1. The lowest BCUT2D eigenvalue weighted by Gasteiger charge is -2.10. The molecule has 0 unspecified atom stereocenters. The fourth-order valence-electron chi connectivity index (χ4n) is 2.38. The number of halogens is 1. The average molecular weight is 344 g/mol. The van der Waals surface area contributed by atoms with Gasteiger partial charge in [0.1, 0.15) is 6.54 Å². The van der Waals surface area contributed by atoms with Gasteiger partial charge >= 0.3 is 11.1 Å². The molecule has 0 radical (unpaired) electrons. The van der Waals surface area contributed by atoms with Crippen LogP contribution in [0.1, 0.15) is 5.56 Å². The summed E-state index contributed by atoms with van der Waals surface area (Å²) in [4.78, 5) is 38.4. The summed E-state index contributed by atoms with van der Waals surface area (Å²) in [6, 6.07) is 13.9. The molecule has 0 aliphatic carbocycles. The first-order valence-corrected chi connectivity index (χ1v) is 7.65. The van der Waals surface area contributed by atoms with Crippen LogP contribution >= 0.6 is 11.6 Å². The van der Waals surface area contributed by atoms with Gasteiger partial charge in [0.15, 0.2) is 0 Å². The molecule has 0 fully saturated rings. The smallest absolute Gasteiger partial charge is 0.317 e. The third-order valence-electron chi connectivity index (χ3n) is 3.59. The zero-order valence-electron chi connectivity index (χ0n) is 12.6. The van der Waals surface area contributed by atoms with E-state index in [9.17, 15) is 14.4 Å². The fourth-order valence-corrected chi connectivity index (χ4v) is 2.51. The number of carbonyl (C=O) groups is 1. The Hall–Kier alpha value is -2.86. The summed E-state index contributed by atoms with van der Waals surface area (Å²) in [6.07, 6.45) is 0. The minimum absolute atomic E-state index is 0.225. The second-order valence-electron chi connectivity index (χ2n) is 5.27. The quantitative estimate of drug-likeness (QED) is 0.707. The van der Waals surface area contributed by atoms with Crippen molar-refractivity contribution in [1.29, 1.82) is 0 Å². The number of aromatic nitrogens is 2. The van der Waals surface area contributed by atoms with E-state index in [-0.39, 0.29) is 12.5 Å². The maximum atomic E-state index is 12.2. The number of carbonyl (C=O) groups excluding carboxylic acids is 1. The highest BCUT2D eigenvalue weighted by Crippen LogP contribution is 2.09. The van der Waals surface area contributed by atoms with Gasteiger partial charge in [-0.15, -0.1) is 0 Å². The molecule has 1 aromatic heterocycles. The molecule has 7 heteroatoms. The summed E-state index contributed by atoms with van der Waals surface area (Å²) >= 11 is 5.81. The number of hydrogen-bond donors (Lipinski definition) is 2. The lowest BCUT2D eigenvalue weighted by atomic mass is 10.2. The number of hydrogen-bond acceptors (Lipinski definition) is 3. The fraction of sp³-hybridized carbons (Fsp3) is 0.118. The molecule has 122 valence electrons. The Morgan fingerprint density at radius 3 is 2.54 bits per heavy atom. The number of para-hydroxylation sites is 2. The number of amides is 1. The summed E-state index contributed by atoms with van der Waals surface area (Å²) in [5, 5.41) is 3.34. The van der Waals surface area contributed by atoms with Gasteiger partial charge in [0.25, 0.3) is 0 Å². The number of nitrogens with zero attached hydrogens (tertiary/aromatic N) is 1. The average Bonchev–Trinajstić information content (AvgIpc) is 2.58. The lowest BCUT2D eigenvalue weighted by Crippen LogP contribution is -2.40. The maximum absolute atomic E-state index is 12.2. The van der Waals surface area contributed by atoms with E-state index >= 15 is 0 Å². The van der Waals surface area contributed by atoms with E-state index in [1.165, 1.54) is 4.57 Å². The van der Waals surface area contributed by atoms with Crippen molar-refractivity contribution in [2.75, 3.05) is 0 Å². The molecule has 0 atom stereocenters. The standard InChI is InChI=1S/C17H14ClN3O3/c18-12-7-5-11(6-8-12)9-19-15(22)10-21-14-4-2-1-3-13(14)20-16(23)17(21)24/h1-8H,9-10H2,(H,19,22)(H,20,23). The molecular formula is C17H14ClN3O3. The molecule has 24 heavy (non-hydrogen) atoms. The molecule has 2 aromatic carbocycles. The highest BCUT2D eigenvalue weighted by atomic mass is 35.5. The number of aromatic amines is 1. The van der Waals surface area contributed by atoms with Gasteiger partial charge in [-0.25, -0.2) is 0 Å². The summed E-state index contributed by atoms with van der Waals surface area (Å²) in [5.41, 5.74) is 0.391. The van der Waals surface area contributed by atoms with Crippen molar-refractivity contribution in [1.82, 2.24) is 14.9 Å². The minimum Gasteiger partial charge on any atom is -0.350 e. The van der Waals surface area contributed by atoms with Crippen LogP contribution in [0, 0.1) is 0 Å². The number of nitrogens with one attached hydrogen (secondary N) is 2. The van der Waals surface area contributed by atoms with Crippen LogP contribution in [0.3, 0.4) is 0 Å². The second kappa shape index (κ2) is 6.72. The van der Waals surface area contributed by atoms with Gasteiger partial charge in [0.2, 0.25) is 5.91 Å². The third kappa shape index (κ3) is 3.38. The largest absolute Gasteiger partial charge is 0.350 e. The van der Waals surface area contributed by atoms with Crippen molar-refractivity contribution >= 4 is 28.5 Å². The molecule has 1 heterocycles. The SMILES string of the molecule is O=C(Cn1c(=O)c(=O)[nH]c2ccccc21)NCc1ccc(Cl)cc1. The molecule has 3 aromatic rings. The molecule has 3 rings (SSSR count). The Labute approximate surface area is 141 Å². The van der Waals surface area contributed by atoms with Crippen LogP contribution in [-0.2, 0) is 17.9 Å². The Balaban J connectivity index is 1.80. The van der Waals surface area contributed by atoms with E-state index in [0.29, 0.717) is 22.6 Å². The van der Waals surface area contributed by atoms with Crippen LogP contribution in [0.4, 0.5) is 0 Å². The summed E-state index contributed by atoms with van der Waals surface area (Å²) in [7, 11) is 0. The Kier molecular flexibility index (Phi) is 4.48. The predicted molar refractivity (Wildman–Crippen MR) is 92.1 cm³/mol. The van der Waals surface area contributed by atoms with Gasteiger partial charge < -0.3 is 10.3 Å². The van der Waals surface area contributed by atoms with Crippen LogP contribution in [0.5, 0.6) is 0 Å². The van der Waals surface area contributed by atoms with Crippen LogP contribution in [-0.4, -0.2) is 15.5 Å². The van der Waals surface area contributed by atoms with Crippen molar-refractivity contribution in [3.8, 4) is 0 Å². The zero-order valence-corrected chi connectivity index (χ0v) is 13.3. The van der Waals surface area contributed by atoms with Crippen LogP contribution < -0.4 is 16.4 Å². The summed E-state index contributed by atoms with van der Waals surface area (Å²) in [6.45, 7) is 0.0860. The highest BCUT2D eigenvalue weighted by molar-refractivity contribution is 6.30. The number of fused-ring (bicyclic) bond motifs is 1. The predicted octanol–water partition coefficient (Wildman–Crippen LogP) is 1.66. The van der Waals surface area contributed by atoms with Gasteiger partial charge in [-0.1, -0.05) is 35.9 Å². The maximum Gasteiger partial charge on any atom is 0.317 e. The van der Waals surface area contributed by atoms with Crippen molar-refractivity contribution in [2.24, 2.45) is 0 Å². The van der Waals surface area contributed by atoms with Gasteiger partial charge in [-0.05, 0) is 29.8 Å². The van der Waals surface area contributed by atoms with Crippen molar-refractivity contribution in [2.45, 2.75) is 13.1 Å². The van der Waals surface area contributed by atoms with E-state index in [0.717, 1.165) is 5.56 Å². The Bertz CT molecular complexity index is 1010. The Morgan fingerprint density at radius 2 is 1.79 bits per heavy atom. The van der Waals surface area contributed by atoms with Gasteiger partial charge in [0.05, 0.1) is 11.0 Å². The third-order valence-corrected chi connectivity index (χ3v) is 3.84. The molecule has 6 nitrogen and oxygen atoms in total. The topological polar surface area (TPSA) is 84.0 Å². The van der Waals surface area contributed by atoms with Crippen LogP contribution in [0.2, 0.25) is 5.02 Å². The van der Waals surface area contributed by atoms with E-state index < -0.39 is 11.1 Å². The van der Waals surface area contributed by atoms with Crippen LogP contribution in [0.15, 0.2) is 58.1 Å². The van der Waals surface area contributed by atoms with Crippen LogP contribution in [0.25, 0.3) is 11.0 Å². The van der Waals surface area contributed by atoms with E-state index in [1.54, 1.807) is 48.5 Å². The highest BCUT2D eigenvalue weighted by Gasteiger charge is 2.11. The first-order chi connectivity index (χ1) is 11.5. The molecular weight excluding hydrogens is 330 g/mol. The first-order valence-electron chi connectivity index (χ1n) is 7.27. The first kappa shape index (κ1) is 16.0. The molecule has 0 saturated heterocycles. The second-order valence-corrected chi connectivity index (χ2v) is 5.70. The van der Waals surface area contributed by atoms with E-state index in [4.69, 9.17) is 11.6 Å². The van der Waals surface area contributed by atoms with E-state index in [1.807, 2.05) is 0 Å². The molecule has 2 N–H and O–H groups in total. The van der Waals surface area contributed by atoms with Crippen molar-refractivity contribution < 1.29 is 4.79 Å². The summed E-state index contributed by atoms with van der Waals surface area (Å²) < 4.78 is 1.17. The summed E-state index contributed by atoms with van der Waals surface area (Å²) in [5.74, 6) is -0.359. The Morgan fingerprint density at radius 1 is 1.08 bits per heavy atom. The molecule has 0 aliphatic rings. The van der Waals surface area contributed by atoms with E-state index in [2.05, 4.69) is 10.3 Å². The van der Waals surface area contributed by atoms with Crippen molar-refractivity contribution in [3.63, 3.8) is 0 Å². The van der Waals surface area contributed by atoms with Crippen molar-refractivity contribution in [3.05, 3.63) is 79.8 Å². The molecule has 0 bridgehead atoms. The molecule has 0 spiro atoms. The number of benzene rings is 2.